The van der Waals surface area contributed by atoms with Crippen LogP contribution in [-0.2, 0) is 9.47 Å². The third kappa shape index (κ3) is 4.12. The largest absolute Gasteiger partial charge is 0.385 e. The first-order chi connectivity index (χ1) is 12.2. The number of benzene rings is 1. The van der Waals surface area contributed by atoms with E-state index in [1.165, 1.54) is 6.20 Å². The maximum Gasteiger partial charge on any atom is 0.264 e. The second kappa shape index (κ2) is 8.04. The van der Waals surface area contributed by atoms with Gasteiger partial charge in [0.1, 0.15) is 11.4 Å². The number of nitrogens with one attached hydrogen (secondary N) is 1. The summed E-state index contributed by atoms with van der Waals surface area (Å²) in [6.07, 6.45) is 1.98. The lowest BCUT2D eigenvalue weighted by molar-refractivity contribution is -0.0333. The number of rotatable bonds is 5. The van der Waals surface area contributed by atoms with Gasteiger partial charge in [-0.25, -0.2) is 4.98 Å². The first-order valence-electron chi connectivity index (χ1n) is 8.23. The molecule has 1 unspecified atom stereocenters. The van der Waals surface area contributed by atoms with E-state index in [1.54, 1.807) is 12.0 Å². The number of ether oxygens (including phenoxy) is 2. The molecular formula is C18H21N3O4. The average Bonchev–Trinajstić information content (AvgIpc) is 2.66. The van der Waals surface area contributed by atoms with Crippen molar-refractivity contribution < 1.29 is 14.3 Å². The molecule has 1 saturated heterocycles. The average molecular weight is 343 g/mol. The molecule has 1 amide bonds. The number of hydrogen-bond acceptors (Lipinski definition) is 5. The summed E-state index contributed by atoms with van der Waals surface area (Å²) in [6, 6.07) is 9.31. The van der Waals surface area contributed by atoms with Crippen LogP contribution in [0.5, 0.6) is 0 Å². The Hall–Kier alpha value is -2.51. The molecule has 0 spiro atoms. The van der Waals surface area contributed by atoms with E-state index in [-0.39, 0.29) is 17.6 Å². The highest BCUT2D eigenvalue weighted by Gasteiger charge is 2.26. The van der Waals surface area contributed by atoms with E-state index in [1.807, 2.05) is 30.3 Å². The molecule has 2 heterocycles. The van der Waals surface area contributed by atoms with Gasteiger partial charge in [0.25, 0.3) is 11.5 Å². The number of amides is 1. The molecule has 0 bridgehead atoms. The minimum Gasteiger partial charge on any atom is -0.385 e. The fourth-order valence-electron chi connectivity index (χ4n) is 2.79. The zero-order chi connectivity index (χ0) is 17.6. The smallest absolute Gasteiger partial charge is 0.264 e. The van der Waals surface area contributed by atoms with E-state index >= 15 is 0 Å². The molecule has 1 aromatic carbocycles. The number of hydrogen-bond donors (Lipinski definition) is 1. The van der Waals surface area contributed by atoms with Gasteiger partial charge in [0, 0.05) is 38.6 Å². The molecule has 3 rings (SSSR count). The van der Waals surface area contributed by atoms with Crippen molar-refractivity contribution in [3.05, 3.63) is 52.4 Å². The van der Waals surface area contributed by atoms with Gasteiger partial charge in [0.15, 0.2) is 0 Å². The Kier molecular flexibility index (Phi) is 5.57. The fraction of sp³-hybridized carbons (Fsp3) is 0.389. The molecule has 1 aromatic heterocycles. The monoisotopic (exact) mass is 343 g/mol. The second-order valence-corrected chi connectivity index (χ2v) is 5.87. The van der Waals surface area contributed by atoms with Crippen molar-refractivity contribution in [1.82, 2.24) is 14.9 Å². The van der Waals surface area contributed by atoms with Gasteiger partial charge in [-0.1, -0.05) is 30.3 Å². The van der Waals surface area contributed by atoms with Crippen molar-refractivity contribution >= 4 is 5.91 Å². The number of methoxy groups -OCH3 is 1. The third-order valence-electron chi connectivity index (χ3n) is 4.15. The molecule has 2 aromatic rings. The maximum absolute atomic E-state index is 12.7. The summed E-state index contributed by atoms with van der Waals surface area (Å²) in [6.45, 7) is 1.93. The van der Waals surface area contributed by atoms with Crippen LogP contribution < -0.4 is 5.56 Å². The molecule has 0 aliphatic carbocycles. The van der Waals surface area contributed by atoms with Crippen molar-refractivity contribution in [3.63, 3.8) is 0 Å². The van der Waals surface area contributed by atoms with Gasteiger partial charge in [0.05, 0.1) is 12.7 Å². The molecule has 132 valence electrons. The van der Waals surface area contributed by atoms with E-state index < -0.39 is 5.56 Å². The maximum atomic E-state index is 12.7. The molecule has 1 fully saturated rings. The summed E-state index contributed by atoms with van der Waals surface area (Å²) in [7, 11) is 1.63. The van der Waals surface area contributed by atoms with Crippen LogP contribution >= 0.6 is 0 Å². The summed E-state index contributed by atoms with van der Waals surface area (Å²) in [5, 5.41) is 0. The Bertz CT molecular complexity index is 775. The van der Waals surface area contributed by atoms with Gasteiger partial charge in [-0.15, -0.1) is 0 Å². The summed E-state index contributed by atoms with van der Waals surface area (Å²) in [5.41, 5.74) is 0.412. The normalized spacial score (nSPS) is 17.5. The quantitative estimate of drug-likeness (QED) is 0.885. The number of H-pyrrole nitrogens is 1. The topological polar surface area (TPSA) is 84.5 Å². The van der Waals surface area contributed by atoms with Crippen molar-refractivity contribution in [2.24, 2.45) is 0 Å². The van der Waals surface area contributed by atoms with Crippen LogP contribution in [0, 0.1) is 0 Å². The summed E-state index contributed by atoms with van der Waals surface area (Å²) in [4.78, 5) is 33.6. The lowest BCUT2D eigenvalue weighted by atomic mass is 10.2. The SMILES string of the molecule is COCCC1CN(C(=O)c2cnc(-c3ccccc3)[nH]c2=O)CCO1. The Morgan fingerprint density at radius 1 is 1.40 bits per heavy atom. The molecule has 1 N–H and O–H groups in total. The Morgan fingerprint density at radius 2 is 2.20 bits per heavy atom. The molecular weight excluding hydrogens is 322 g/mol. The molecule has 7 nitrogen and oxygen atoms in total. The highest BCUT2D eigenvalue weighted by Crippen LogP contribution is 2.14. The number of carbonyl (C=O) groups is 1. The van der Waals surface area contributed by atoms with Crippen molar-refractivity contribution in [1.29, 1.82) is 0 Å². The molecule has 25 heavy (non-hydrogen) atoms. The van der Waals surface area contributed by atoms with Gasteiger partial charge >= 0.3 is 0 Å². The summed E-state index contributed by atoms with van der Waals surface area (Å²) in [5.74, 6) is 0.126. The van der Waals surface area contributed by atoms with Crippen LogP contribution in [0.15, 0.2) is 41.3 Å². The molecule has 1 atom stereocenters. The summed E-state index contributed by atoms with van der Waals surface area (Å²) >= 11 is 0. The molecule has 0 radical (unpaired) electrons. The van der Waals surface area contributed by atoms with Crippen LogP contribution in [0.25, 0.3) is 11.4 Å². The summed E-state index contributed by atoms with van der Waals surface area (Å²) < 4.78 is 10.7. The van der Waals surface area contributed by atoms with Crippen LogP contribution in [0.2, 0.25) is 0 Å². The fourth-order valence-corrected chi connectivity index (χ4v) is 2.79. The predicted octanol–water partition coefficient (Wildman–Crippen LogP) is 1.31. The molecule has 0 saturated carbocycles. The number of nitrogens with zero attached hydrogens (tertiary/aromatic N) is 2. The van der Waals surface area contributed by atoms with Crippen LogP contribution in [0.1, 0.15) is 16.8 Å². The highest BCUT2D eigenvalue weighted by molar-refractivity contribution is 5.93. The van der Waals surface area contributed by atoms with E-state index in [4.69, 9.17) is 9.47 Å². The van der Waals surface area contributed by atoms with E-state index in [0.717, 1.165) is 5.56 Å². The van der Waals surface area contributed by atoms with Gasteiger partial charge < -0.3 is 19.4 Å². The van der Waals surface area contributed by atoms with Crippen LogP contribution in [0.3, 0.4) is 0 Å². The van der Waals surface area contributed by atoms with E-state index in [9.17, 15) is 9.59 Å². The molecule has 1 aliphatic rings. The predicted molar refractivity (Wildman–Crippen MR) is 92.4 cm³/mol. The molecule has 7 heteroatoms. The minimum atomic E-state index is -0.432. The minimum absolute atomic E-state index is 0.0482. The van der Waals surface area contributed by atoms with Gasteiger partial charge in [0.2, 0.25) is 0 Å². The zero-order valence-corrected chi connectivity index (χ0v) is 14.1. The van der Waals surface area contributed by atoms with Gasteiger partial charge in [-0.3, -0.25) is 9.59 Å². The number of carbonyl (C=O) groups excluding carboxylic acids is 1. The number of morpholine rings is 1. The van der Waals surface area contributed by atoms with Gasteiger partial charge in [-0.05, 0) is 6.42 Å². The van der Waals surface area contributed by atoms with Crippen molar-refractivity contribution in [3.8, 4) is 11.4 Å². The highest BCUT2D eigenvalue weighted by atomic mass is 16.5. The van der Waals surface area contributed by atoms with E-state index in [2.05, 4.69) is 9.97 Å². The van der Waals surface area contributed by atoms with E-state index in [0.29, 0.717) is 38.5 Å². The van der Waals surface area contributed by atoms with Crippen LogP contribution in [-0.4, -0.2) is 60.3 Å². The van der Waals surface area contributed by atoms with Crippen molar-refractivity contribution in [2.75, 3.05) is 33.4 Å². The van der Waals surface area contributed by atoms with Crippen LogP contribution in [0.4, 0.5) is 0 Å². The lowest BCUT2D eigenvalue weighted by Crippen LogP contribution is -2.47. The standard InChI is InChI=1S/C18H21N3O4/c1-24-9-7-14-12-21(8-10-25-14)18(23)15-11-19-16(20-17(15)22)13-5-3-2-4-6-13/h2-6,11,14H,7-10,12H2,1H3,(H,19,20,22). The third-order valence-corrected chi connectivity index (χ3v) is 4.15. The number of aromatic amines is 1. The second-order valence-electron chi connectivity index (χ2n) is 5.87. The molecule has 1 aliphatic heterocycles. The lowest BCUT2D eigenvalue weighted by Gasteiger charge is -2.32. The Morgan fingerprint density at radius 3 is 2.92 bits per heavy atom. The first-order valence-corrected chi connectivity index (χ1v) is 8.23. The van der Waals surface area contributed by atoms with Crippen molar-refractivity contribution in [2.45, 2.75) is 12.5 Å². The van der Waals surface area contributed by atoms with Gasteiger partial charge in [-0.2, -0.15) is 0 Å². The Labute approximate surface area is 145 Å². The number of aromatic nitrogens is 2. The Balaban J connectivity index is 1.75. The zero-order valence-electron chi connectivity index (χ0n) is 14.1. The first kappa shape index (κ1) is 17.3.